The van der Waals surface area contributed by atoms with Gasteiger partial charge in [0, 0.05) is 11.8 Å². The lowest BCUT2D eigenvalue weighted by Gasteiger charge is -2.15. The zero-order chi connectivity index (χ0) is 13.2. The van der Waals surface area contributed by atoms with Crippen LogP contribution in [0.25, 0.3) is 0 Å². The van der Waals surface area contributed by atoms with Crippen molar-refractivity contribution in [1.29, 1.82) is 0 Å². The molecule has 1 unspecified atom stereocenters. The molecule has 1 aromatic heterocycles. The molecule has 1 heterocycles. The van der Waals surface area contributed by atoms with Crippen LogP contribution in [0, 0.1) is 0 Å². The van der Waals surface area contributed by atoms with Crippen LogP contribution >= 0.6 is 11.8 Å². The van der Waals surface area contributed by atoms with Crippen LogP contribution in [-0.2, 0) is 0 Å². The number of nitrogens with zero attached hydrogens (tertiary/aromatic N) is 3. The summed E-state index contributed by atoms with van der Waals surface area (Å²) in [6, 6.07) is -0.0597. The molecule has 98 valence electrons. The molecule has 0 aliphatic heterocycles. The minimum absolute atomic E-state index is 0.0597. The Morgan fingerprint density at radius 1 is 1.41 bits per heavy atom. The molecule has 5 nitrogen and oxygen atoms in total. The van der Waals surface area contributed by atoms with Gasteiger partial charge in [-0.15, -0.1) is 10.2 Å². The van der Waals surface area contributed by atoms with Crippen molar-refractivity contribution in [1.82, 2.24) is 14.8 Å². The number of aliphatic hydroxyl groups is 1. The van der Waals surface area contributed by atoms with E-state index in [1.54, 1.807) is 0 Å². The molecule has 0 saturated heterocycles. The average Bonchev–Trinajstić information content (AvgIpc) is 2.54. The van der Waals surface area contributed by atoms with Gasteiger partial charge in [0.2, 0.25) is 5.95 Å². The number of nitrogen functional groups attached to an aromatic ring is 1. The highest BCUT2D eigenvalue weighted by Crippen LogP contribution is 2.28. The number of rotatable bonds is 4. The highest BCUT2D eigenvalue weighted by atomic mass is 32.2. The monoisotopic (exact) mass is 270 g/mol. The van der Waals surface area contributed by atoms with Crippen LogP contribution in [0.5, 0.6) is 0 Å². The quantitative estimate of drug-likeness (QED) is 0.810. The van der Waals surface area contributed by atoms with Crippen molar-refractivity contribution in [2.24, 2.45) is 0 Å². The Morgan fingerprint density at radius 3 is 2.47 bits per heavy atom. The smallest absolute Gasteiger partial charge is 0.383 e. The van der Waals surface area contributed by atoms with Gasteiger partial charge < -0.3 is 10.8 Å². The molecule has 0 aromatic carbocycles. The summed E-state index contributed by atoms with van der Waals surface area (Å²) in [6.45, 7) is 3.62. The lowest BCUT2D eigenvalue weighted by atomic mass is 10.4. The number of hydrogen-bond acceptors (Lipinski definition) is 5. The van der Waals surface area contributed by atoms with Crippen LogP contribution in [0.3, 0.4) is 0 Å². The third-order valence-corrected chi connectivity index (χ3v) is 2.97. The van der Waals surface area contributed by atoms with E-state index >= 15 is 0 Å². The third kappa shape index (κ3) is 3.50. The number of thioether (sulfide) groups is 1. The second kappa shape index (κ2) is 5.13. The van der Waals surface area contributed by atoms with Crippen LogP contribution in [0.2, 0.25) is 0 Å². The second-order valence-electron chi connectivity index (χ2n) is 3.67. The Labute approximate surface area is 100 Å². The van der Waals surface area contributed by atoms with Crippen molar-refractivity contribution < 1.29 is 18.3 Å². The Balaban J connectivity index is 2.70. The third-order valence-electron chi connectivity index (χ3n) is 1.96. The number of aliphatic hydroxyl groups excluding tert-OH is 1. The molecule has 0 fully saturated rings. The van der Waals surface area contributed by atoms with E-state index in [0.717, 1.165) is 11.8 Å². The summed E-state index contributed by atoms with van der Waals surface area (Å²) in [4.78, 5) is 0. The number of anilines is 1. The predicted molar refractivity (Wildman–Crippen MR) is 57.6 cm³/mol. The van der Waals surface area contributed by atoms with E-state index in [1.165, 1.54) is 4.57 Å². The normalized spacial score (nSPS) is 14.3. The van der Waals surface area contributed by atoms with Crippen molar-refractivity contribution in [2.75, 3.05) is 11.5 Å². The van der Waals surface area contributed by atoms with Gasteiger partial charge in [-0.1, -0.05) is 11.8 Å². The van der Waals surface area contributed by atoms with Crippen molar-refractivity contribution in [3.63, 3.8) is 0 Å². The highest BCUT2D eigenvalue weighted by molar-refractivity contribution is 7.99. The predicted octanol–water partition coefficient (Wildman–Crippen LogP) is 1.46. The lowest BCUT2D eigenvalue weighted by Crippen LogP contribution is -2.30. The zero-order valence-corrected chi connectivity index (χ0v) is 10.1. The maximum Gasteiger partial charge on any atom is 0.415 e. The van der Waals surface area contributed by atoms with Crippen LogP contribution in [0.1, 0.15) is 19.9 Å². The molecule has 0 bridgehead atoms. The minimum Gasteiger partial charge on any atom is -0.383 e. The first kappa shape index (κ1) is 14.1. The van der Waals surface area contributed by atoms with Crippen LogP contribution in [0.15, 0.2) is 5.16 Å². The molecule has 1 aromatic rings. The van der Waals surface area contributed by atoms with Gasteiger partial charge in [-0.25, -0.2) is 0 Å². The first-order valence-corrected chi connectivity index (χ1v) is 5.80. The fraction of sp³-hybridized carbons (Fsp3) is 0.750. The van der Waals surface area contributed by atoms with E-state index in [0.29, 0.717) is 0 Å². The van der Waals surface area contributed by atoms with Gasteiger partial charge in [0.15, 0.2) is 11.3 Å². The molecule has 3 N–H and O–H groups in total. The summed E-state index contributed by atoms with van der Waals surface area (Å²) < 4.78 is 37.8. The largest absolute Gasteiger partial charge is 0.415 e. The zero-order valence-electron chi connectivity index (χ0n) is 9.27. The SMILES string of the molecule is CC(C)n1c(N)nnc1SCC(O)C(F)(F)F. The fourth-order valence-electron chi connectivity index (χ4n) is 1.12. The summed E-state index contributed by atoms with van der Waals surface area (Å²) in [5.74, 6) is -0.391. The fourth-order valence-corrected chi connectivity index (χ4v) is 2.16. The number of nitrogens with two attached hydrogens (primary N) is 1. The molecule has 0 saturated carbocycles. The number of aromatic nitrogens is 3. The van der Waals surface area contributed by atoms with Gasteiger partial charge in [0.05, 0.1) is 0 Å². The van der Waals surface area contributed by atoms with E-state index in [2.05, 4.69) is 10.2 Å². The number of alkyl halides is 3. The number of hydrogen-bond donors (Lipinski definition) is 2. The van der Waals surface area contributed by atoms with E-state index < -0.39 is 18.0 Å². The Morgan fingerprint density at radius 2 is 2.00 bits per heavy atom. The highest BCUT2D eigenvalue weighted by Gasteiger charge is 2.38. The van der Waals surface area contributed by atoms with Crippen LogP contribution in [0.4, 0.5) is 19.1 Å². The first-order valence-electron chi connectivity index (χ1n) is 4.81. The van der Waals surface area contributed by atoms with E-state index in [1.807, 2.05) is 13.8 Å². The standard InChI is InChI=1S/C8H13F3N4OS/c1-4(2)15-6(12)13-14-7(15)17-3-5(16)8(9,10)11/h4-5,16H,3H2,1-2H3,(H2,12,13). The molecule has 1 rings (SSSR count). The summed E-state index contributed by atoms with van der Waals surface area (Å²) in [7, 11) is 0. The van der Waals surface area contributed by atoms with E-state index in [9.17, 15) is 13.2 Å². The topological polar surface area (TPSA) is 77.0 Å². The summed E-state index contributed by atoms with van der Waals surface area (Å²) in [6.07, 6.45) is -7.01. The maximum atomic E-state index is 12.1. The number of halogens is 3. The molecule has 17 heavy (non-hydrogen) atoms. The lowest BCUT2D eigenvalue weighted by molar-refractivity contribution is -0.195. The van der Waals surface area contributed by atoms with Crippen molar-refractivity contribution in [3.8, 4) is 0 Å². The molecule has 0 spiro atoms. The van der Waals surface area contributed by atoms with Gasteiger partial charge in [0.1, 0.15) is 0 Å². The molecule has 9 heteroatoms. The molecule has 0 aliphatic carbocycles. The van der Waals surface area contributed by atoms with Crippen molar-refractivity contribution in [3.05, 3.63) is 0 Å². The van der Waals surface area contributed by atoms with E-state index in [-0.39, 0.29) is 17.1 Å². The van der Waals surface area contributed by atoms with Gasteiger partial charge in [-0.3, -0.25) is 4.57 Å². The van der Waals surface area contributed by atoms with Crippen LogP contribution < -0.4 is 5.73 Å². The summed E-state index contributed by atoms with van der Waals surface area (Å²) in [5.41, 5.74) is 5.53. The van der Waals surface area contributed by atoms with Crippen molar-refractivity contribution in [2.45, 2.75) is 37.3 Å². The first-order chi connectivity index (χ1) is 7.73. The van der Waals surface area contributed by atoms with Crippen LogP contribution in [-0.4, -0.2) is 37.9 Å². The Bertz CT molecular complexity index is 379. The molecule has 1 atom stereocenters. The minimum atomic E-state index is -4.62. The Hall–Kier alpha value is -0.960. The Kier molecular flexibility index (Phi) is 4.26. The van der Waals surface area contributed by atoms with E-state index in [4.69, 9.17) is 10.8 Å². The molecule has 0 aliphatic rings. The summed E-state index contributed by atoms with van der Waals surface area (Å²) in [5, 5.41) is 16.4. The molecule has 0 amide bonds. The van der Waals surface area contributed by atoms with Gasteiger partial charge >= 0.3 is 6.18 Å². The molecule has 0 radical (unpaired) electrons. The van der Waals surface area contributed by atoms with Gasteiger partial charge in [-0.2, -0.15) is 13.2 Å². The maximum absolute atomic E-state index is 12.1. The van der Waals surface area contributed by atoms with Gasteiger partial charge in [-0.05, 0) is 13.8 Å². The molecular formula is C8H13F3N4OS. The molecular weight excluding hydrogens is 257 g/mol. The van der Waals surface area contributed by atoms with Gasteiger partial charge in [0.25, 0.3) is 0 Å². The average molecular weight is 270 g/mol. The second-order valence-corrected chi connectivity index (χ2v) is 4.66. The van der Waals surface area contributed by atoms with Crippen molar-refractivity contribution >= 4 is 17.7 Å². The summed E-state index contributed by atoms with van der Waals surface area (Å²) >= 11 is 0.771.